The van der Waals surface area contributed by atoms with Crippen molar-refractivity contribution in [2.75, 3.05) is 0 Å². The van der Waals surface area contributed by atoms with Gasteiger partial charge in [-0.1, -0.05) is 0 Å². The molecule has 4 heteroatoms. The Labute approximate surface area is 100 Å². The van der Waals surface area contributed by atoms with Crippen molar-refractivity contribution < 1.29 is 4.21 Å². The van der Waals surface area contributed by atoms with Crippen LogP contribution in [0.25, 0.3) is 0 Å². The van der Waals surface area contributed by atoms with Crippen LogP contribution in [0.4, 0.5) is 0 Å². The monoisotopic (exact) mass is 240 g/mol. The Balaban J connectivity index is 2.49. The molecule has 16 heavy (non-hydrogen) atoms. The fourth-order valence-corrected chi connectivity index (χ4v) is 2.08. The summed E-state index contributed by atoms with van der Waals surface area (Å²) >= 11 is 0. The van der Waals surface area contributed by atoms with E-state index in [1.54, 1.807) is 12.4 Å². The van der Waals surface area contributed by atoms with Crippen molar-refractivity contribution in [3.8, 4) is 0 Å². The molecule has 2 atom stereocenters. The lowest BCUT2D eigenvalue weighted by Gasteiger charge is -2.21. The van der Waals surface area contributed by atoms with Crippen LogP contribution in [0.15, 0.2) is 24.5 Å². The molecule has 0 saturated heterocycles. The Morgan fingerprint density at radius 3 is 2.44 bits per heavy atom. The highest BCUT2D eigenvalue weighted by Gasteiger charge is 2.20. The number of rotatable bonds is 4. The topological polar surface area (TPSA) is 42.0 Å². The second-order valence-electron chi connectivity index (χ2n) is 4.96. The minimum absolute atomic E-state index is 0.197. The number of hydrogen-bond donors (Lipinski definition) is 1. The standard InChI is InChI=1S/C12H20N2OS/c1-10(14-16(15)12(2,3)4)9-11-5-7-13-8-6-11/h5-8,10,14H,9H2,1-4H3/t10-,16-/m0/s1. The first-order valence-electron chi connectivity index (χ1n) is 5.46. The minimum Gasteiger partial charge on any atom is -0.265 e. The van der Waals surface area contributed by atoms with Crippen LogP contribution in [0.3, 0.4) is 0 Å². The maximum Gasteiger partial charge on any atom is 0.0972 e. The fourth-order valence-electron chi connectivity index (χ4n) is 1.27. The first kappa shape index (κ1) is 13.3. The summed E-state index contributed by atoms with van der Waals surface area (Å²) in [6.07, 6.45) is 4.43. The predicted octanol–water partition coefficient (Wildman–Crippen LogP) is 2.06. The normalized spacial score (nSPS) is 15.8. The van der Waals surface area contributed by atoms with Crippen LogP contribution < -0.4 is 4.72 Å². The highest BCUT2D eigenvalue weighted by molar-refractivity contribution is 7.84. The van der Waals surface area contributed by atoms with Gasteiger partial charge in [0.15, 0.2) is 0 Å². The van der Waals surface area contributed by atoms with E-state index in [0.717, 1.165) is 6.42 Å². The van der Waals surface area contributed by atoms with E-state index in [1.807, 2.05) is 39.8 Å². The summed E-state index contributed by atoms with van der Waals surface area (Å²) in [6.45, 7) is 7.95. The third-order valence-electron chi connectivity index (χ3n) is 2.16. The highest BCUT2D eigenvalue weighted by Crippen LogP contribution is 2.10. The zero-order valence-corrected chi connectivity index (χ0v) is 11.2. The second kappa shape index (κ2) is 5.55. The summed E-state index contributed by atoms with van der Waals surface area (Å²) in [5, 5.41) is 0. The third-order valence-corrected chi connectivity index (χ3v) is 3.88. The molecule has 0 aliphatic heterocycles. The first-order valence-corrected chi connectivity index (χ1v) is 6.61. The van der Waals surface area contributed by atoms with Crippen LogP contribution in [-0.4, -0.2) is 20.0 Å². The first-order chi connectivity index (χ1) is 7.39. The van der Waals surface area contributed by atoms with Crippen LogP contribution in [0.5, 0.6) is 0 Å². The molecule has 1 rings (SSSR count). The van der Waals surface area contributed by atoms with Crippen molar-refractivity contribution in [1.82, 2.24) is 9.71 Å². The van der Waals surface area contributed by atoms with Crippen molar-refractivity contribution in [2.24, 2.45) is 0 Å². The van der Waals surface area contributed by atoms with Gasteiger partial charge in [-0.25, -0.2) is 8.93 Å². The average Bonchev–Trinajstić information content (AvgIpc) is 2.17. The Morgan fingerprint density at radius 1 is 1.38 bits per heavy atom. The molecule has 0 radical (unpaired) electrons. The van der Waals surface area contributed by atoms with E-state index in [0.29, 0.717) is 0 Å². The van der Waals surface area contributed by atoms with Gasteiger partial charge in [0, 0.05) is 18.4 Å². The molecule has 0 aliphatic rings. The summed E-state index contributed by atoms with van der Waals surface area (Å²) in [7, 11) is -1.01. The van der Waals surface area contributed by atoms with Crippen LogP contribution >= 0.6 is 0 Å². The molecule has 0 spiro atoms. The third kappa shape index (κ3) is 4.41. The van der Waals surface area contributed by atoms with Gasteiger partial charge in [-0.05, 0) is 51.8 Å². The molecular formula is C12H20N2OS. The Hall–Kier alpha value is -0.740. The van der Waals surface area contributed by atoms with E-state index >= 15 is 0 Å². The molecule has 0 aromatic carbocycles. The van der Waals surface area contributed by atoms with E-state index in [-0.39, 0.29) is 10.8 Å². The number of hydrogen-bond acceptors (Lipinski definition) is 2. The van der Waals surface area contributed by atoms with Crippen molar-refractivity contribution in [3.05, 3.63) is 30.1 Å². The Bertz CT molecular complexity index is 346. The Morgan fingerprint density at radius 2 is 1.94 bits per heavy atom. The molecule has 0 amide bonds. The van der Waals surface area contributed by atoms with E-state index in [2.05, 4.69) is 9.71 Å². The largest absolute Gasteiger partial charge is 0.265 e. The quantitative estimate of drug-likeness (QED) is 0.875. The molecule has 90 valence electrons. The number of nitrogens with one attached hydrogen (secondary N) is 1. The van der Waals surface area contributed by atoms with Gasteiger partial charge in [0.1, 0.15) is 0 Å². The summed E-state index contributed by atoms with van der Waals surface area (Å²) in [5.41, 5.74) is 1.21. The molecule has 1 aromatic heterocycles. The molecule has 0 aliphatic carbocycles. The van der Waals surface area contributed by atoms with Crippen molar-refractivity contribution in [2.45, 2.75) is 44.9 Å². The number of pyridine rings is 1. The molecule has 1 heterocycles. The molecule has 0 saturated carbocycles. The predicted molar refractivity (Wildman–Crippen MR) is 68.4 cm³/mol. The van der Waals surface area contributed by atoms with Gasteiger partial charge in [0.25, 0.3) is 0 Å². The summed E-state index contributed by atoms with van der Waals surface area (Å²) in [4.78, 5) is 3.97. The van der Waals surface area contributed by atoms with Gasteiger partial charge in [-0.15, -0.1) is 0 Å². The van der Waals surface area contributed by atoms with E-state index < -0.39 is 11.0 Å². The van der Waals surface area contributed by atoms with Gasteiger partial charge in [0.2, 0.25) is 0 Å². The van der Waals surface area contributed by atoms with Crippen molar-refractivity contribution >= 4 is 11.0 Å². The van der Waals surface area contributed by atoms with Gasteiger partial charge in [-0.3, -0.25) is 4.98 Å². The van der Waals surface area contributed by atoms with Crippen molar-refractivity contribution in [1.29, 1.82) is 0 Å². The zero-order valence-electron chi connectivity index (χ0n) is 10.4. The second-order valence-corrected chi connectivity index (χ2v) is 6.96. The molecule has 3 nitrogen and oxygen atoms in total. The maximum absolute atomic E-state index is 11.9. The summed E-state index contributed by atoms with van der Waals surface area (Å²) < 4.78 is 14.8. The lowest BCUT2D eigenvalue weighted by Crippen LogP contribution is -2.39. The minimum atomic E-state index is -1.01. The van der Waals surface area contributed by atoms with Gasteiger partial charge < -0.3 is 0 Å². The highest BCUT2D eigenvalue weighted by atomic mass is 32.2. The van der Waals surface area contributed by atoms with Gasteiger partial charge in [0.05, 0.1) is 15.7 Å². The van der Waals surface area contributed by atoms with Crippen LogP contribution in [0.2, 0.25) is 0 Å². The van der Waals surface area contributed by atoms with Gasteiger partial charge >= 0.3 is 0 Å². The van der Waals surface area contributed by atoms with Gasteiger partial charge in [-0.2, -0.15) is 0 Å². The average molecular weight is 240 g/mol. The molecule has 0 unspecified atom stereocenters. The van der Waals surface area contributed by atoms with E-state index in [4.69, 9.17) is 0 Å². The fraction of sp³-hybridized carbons (Fsp3) is 0.583. The molecular weight excluding hydrogens is 220 g/mol. The van der Waals surface area contributed by atoms with E-state index in [9.17, 15) is 4.21 Å². The Kier molecular flexibility index (Phi) is 4.62. The molecule has 0 bridgehead atoms. The number of aromatic nitrogens is 1. The zero-order chi connectivity index (χ0) is 12.2. The van der Waals surface area contributed by atoms with Crippen LogP contribution in [0.1, 0.15) is 33.3 Å². The smallest absolute Gasteiger partial charge is 0.0972 e. The lowest BCUT2D eigenvalue weighted by molar-refractivity contribution is 0.603. The van der Waals surface area contributed by atoms with E-state index in [1.165, 1.54) is 5.56 Å². The SMILES string of the molecule is C[C@@H](Cc1ccncc1)N[S@@](=O)C(C)(C)C. The van der Waals surface area contributed by atoms with Crippen LogP contribution in [-0.2, 0) is 17.4 Å². The summed E-state index contributed by atoms with van der Waals surface area (Å²) in [6, 6.07) is 4.17. The van der Waals surface area contributed by atoms with Crippen LogP contribution in [0, 0.1) is 0 Å². The summed E-state index contributed by atoms with van der Waals surface area (Å²) in [5.74, 6) is 0. The maximum atomic E-state index is 11.9. The van der Waals surface area contributed by atoms with Crippen molar-refractivity contribution in [3.63, 3.8) is 0 Å². The number of nitrogens with zero attached hydrogens (tertiary/aromatic N) is 1. The lowest BCUT2D eigenvalue weighted by atomic mass is 10.1. The molecule has 0 fully saturated rings. The molecule has 1 aromatic rings. The molecule has 1 N–H and O–H groups in total.